The molecule has 0 amide bonds. The number of allylic oxidation sites excluding steroid dienone is 1. The predicted octanol–water partition coefficient (Wildman–Crippen LogP) is 6.25. The largest absolute Gasteiger partial charge is 0.415 e. The molecule has 34 heavy (non-hydrogen) atoms. The fourth-order valence-corrected chi connectivity index (χ4v) is 4.43. The molecular formula is C28H14N2O4. The average molecular weight is 442 g/mol. The zero-order valence-corrected chi connectivity index (χ0v) is 17.6. The van der Waals surface area contributed by atoms with Crippen molar-refractivity contribution in [1.29, 1.82) is 0 Å². The minimum absolute atomic E-state index is 0.0176. The number of rotatable bonds is 2. The number of hydrogen-bond acceptors (Lipinski definition) is 6. The molecule has 0 aliphatic heterocycles. The Morgan fingerprint density at radius 1 is 0.618 bits per heavy atom. The summed E-state index contributed by atoms with van der Waals surface area (Å²) in [7, 11) is 0. The Hall–Kier alpha value is -4.84. The van der Waals surface area contributed by atoms with E-state index in [9.17, 15) is 9.59 Å². The second-order valence-corrected chi connectivity index (χ2v) is 8.20. The van der Waals surface area contributed by atoms with Gasteiger partial charge in [-0.2, -0.15) is 9.97 Å². The lowest BCUT2D eigenvalue weighted by Gasteiger charge is -2.00. The zero-order valence-electron chi connectivity index (χ0n) is 17.6. The Kier molecular flexibility index (Phi) is 3.76. The van der Waals surface area contributed by atoms with E-state index in [1.165, 1.54) is 6.08 Å². The van der Waals surface area contributed by atoms with E-state index in [4.69, 9.17) is 8.83 Å². The van der Waals surface area contributed by atoms with Crippen LogP contribution in [0.1, 0.15) is 26.6 Å². The summed E-state index contributed by atoms with van der Waals surface area (Å²) in [4.78, 5) is 34.6. The van der Waals surface area contributed by atoms with Crippen LogP contribution in [0.4, 0.5) is 0 Å². The summed E-state index contributed by atoms with van der Waals surface area (Å²) < 4.78 is 11.5. The van der Waals surface area contributed by atoms with Gasteiger partial charge in [-0.25, -0.2) is 0 Å². The Morgan fingerprint density at radius 3 is 1.85 bits per heavy atom. The van der Waals surface area contributed by atoms with Crippen molar-refractivity contribution in [2.75, 3.05) is 0 Å². The molecule has 0 bridgehead atoms. The van der Waals surface area contributed by atoms with Crippen LogP contribution in [-0.4, -0.2) is 21.5 Å². The van der Waals surface area contributed by atoms with Crippen LogP contribution < -0.4 is 0 Å². The van der Waals surface area contributed by atoms with Gasteiger partial charge in [-0.1, -0.05) is 54.6 Å². The van der Waals surface area contributed by atoms with Crippen LogP contribution in [0.25, 0.3) is 50.5 Å². The number of ketones is 2. The summed E-state index contributed by atoms with van der Waals surface area (Å²) in [5, 5.41) is 4.00. The van der Waals surface area contributed by atoms with Crippen molar-refractivity contribution in [3.63, 3.8) is 0 Å². The molecule has 0 N–H and O–H groups in total. The number of hydrogen-bond donors (Lipinski definition) is 0. The van der Waals surface area contributed by atoms with Crippen LogP contribution >= 0.6 is 0 Å². The lowest BCUT2D eigenvalue weighted by atomic mass is 10.0. The quantitative estimate of drug-likeness (QED) is 0.233. The first-order chi connectivity index (χ1) is 16.6. The monoisotopic (exact) mass is 442 g/mol. The van der Waals surface area contributed by atoms with Crippen LogP contribution in [0.15, 0.2) is 93.3 Å². The molecule has 6 aromatic rings. The maximum atomic E-state index is 13.0. The smallest absolute Gasteiger partial charge is 0.288 e. The van der Waals surface area contributed by atoms with Gasteiger partial charge >= 0.3 is 0 Å². The fourth-order valence-electron chi connectivity index (χ4n) is 4.43. The second kappa shape index (κ2) is 6.83. The molecule has 2 heterocycles. The number of nitrogens with zero attached hydrogens (tertiary/aromatic N) is 2. The van der Waals surface area contributed by atoms with E-state index in [-0.39, 0.29) is 34.5 Å². The summed E-state index contributed by atoms with van der Waals surface area (Å²) in [6.07, 6.45) is 1.36. The molecule has 4 aromatic carbocycles. The van der Waals surface area contributed by atoms with Crippen LogP contribution in [0.5, 0.6) is 0 Å². The number of Topliss-reactive ketones (excluding diaryl/α,β-unsaturated/α-hetero) is 2. The summed E-state index contributed by atoms with van der Waals surface area (Å²) in [6.45, 7) is 0. The Morgan fingerprint density at radius 2 is 1.21 bits per heavy atom. The minimum atomic E-state index is -0.342. The third-order valence-electron chi connectivity index (χ3n) is 6.12. The van der Waals surface area contributed by atoms with Crippen molar-refractivity contribution in [2.45, 2.75) is 0 Å². The molecule has 0 saturated heterocycles. The fraction of sp³-hybridized carbons (Fsp3) is 0. The highest BCUT2D eigenvalue weighted by Gasteiger charge is 2.34. The van der Waals surface area contributed by atoms with E-state index in [1.54, 1.807) is 12.1 Å². The summed E-state index contributed by atoms with van der Waals surface area (Å²) in [6, 6.07) is 25.1. The van der Waals surface area contributed by atoms with Crippen molar-refractivity contribution in [3.05, 3.63) is 101 Å². The maximum absolute atomic E-state index is 13.0. The SMILES string of the molecule is O=C1C(=Cc2nc3oc(-c4ccc5ccccc5c4)nc3o2)C(=O)c2cc3ccccc3cc21. The standard InChI is InChI=1S/C28H14N2O4/c31-24-20-12-17-7-3-4-8-18(17)13-21(20)25(32)22(24)14-23-29-27-28(33-23)30-26(34-27)19-10-9-15-5-1-2-6-16(15)11-19/h1-14H. The first kappa shape index (κ1) is 18.7. The molecular weight excluding hydrogens is 428 g/mol. The lowest BCUT2D eigenvalue weighted by Crippen LogP contribution is -2.00. The Labute approximate surface area is 192 Å². The molecule has 6 heteroatoms. The van der Waals surface area contributed by atoms with Gasteiger partial charge in [0.2, 0.25) is 11.8 Å². The number of oxazole rings is 2. The first-order valence-electron chi connectivity index (χ1n) is 10.7. The van der Waals surface area contributed by atoms with Crippen molar-refractivity contribution in [1.82, 2.24) is 9.97 Å². The minimum Gasteiger partial charge on any atom is -0.415 e. The van der Waals surface area contributed by atoms with Crippen molar-refractivity contribution in [2.24, 2.45) is 0 Å². The number of aromatic nitrogens is 2. The number of fused-ring (bicyclic) bond motifs is 4. The molecule has 7 rings (SSSR count). The van der Waals surface area contributed by atoms with Gasteiger partial charge in [-0.05, 0) is 45.8 Å². The van der Waals surface area contributed by atoms with E-state index >= 15 is 0 Å². The van der Waals surface area contributed by atoms with Crippen LogP contribution in [0.2, 0.25) is 0 Å². The molecule has 160 valence electrons. The Bertz CT molecular complexity index is 1770. The van der Waals surface area contributed by atoms with E-state index in [0.717, 1.165) is 27.1 Å². The molecule has 0 radical (unpaired) electrons. The van der Waals surface area contributed by atoms with Gasteiger partial charge in [-0.3, -0.25) is 9.59 Å². The van der Waals surface area contributed by atoms with Crippen LogP contribution in [0, 0.1) is 0 Å². The van der Waals surface area contributed by atoms with E-state index in [1.807, 2.05) is 66.7 Å². The van der Waals surface area contributed by atoms with Gasteiger partial charge in [0.15, 0.2) is 11.6 Å². The highest BCUT2D eigenvalue weighted by Crippen LogP contribution is 2.33. The molecule has 0 fully saturated rings. The number of carbonyl (C=O) groups is 2. The van der Waals surface area contributed by atoms with Crippen molar-refractivity contribution in [3.8, 4) is 11.5 Å². The topological polar surface area (TPSA) is 86.2 Å². The molecule has 0 atom stereocenters. The van der Waals surface area contributed by atoms with Gasteiger partial charge in [0.05, 0.1) is 5.57 Å². The first-order valence-corrected chi connectivity index (χ1v) is 10.7. The van der Waals surface area contributed by atoms with Gasteiger partial charge in [0.25, 0.3) is 11.4 Å². The Balaban J connectivity index is 1.25. The molecule has 2 aromatic heterocycles. The van der Waals surface area contributed by atoms with Crippen LogP contribution in [-0.2, 0) is 0 Å². The zero-order chi connectivity index (χ0) is 22.8. The highest BCUT2D eigenvalue weighted by molar-refractivity contribution is 6.42. The average Bonchev–Trinajstić information content (AvgIpc) is 3.50. The third-order valence-corrected chi connectivity index (χ3v) is 6.12. The van der Waals surface area contributed by atoms with E-state index in [2.05, 4.69) is 9.97 Å². The highest BCUT2D eigenvalue weighted by atomic mass is 16.4. The van der Waals surface area contributed by atoms with Crippen molar-refractivity contribution >= 4 is 50.6 Å². The van der Waals surface area contributed by atoms with Gasteiger partial charge < -0.3 is 8.83 Å². The predicted molar refractivity (Wildman–Crippen MR) is 128 cm³/mol. The molecule has 1 aliphatic rings. The van der Waals surface area contributed by atoms with Crippen LogP contribution in [0.3, 0.4) is 0 Å². The second-order valence-electron chi connectivity index (χ2n) is 8.20. The molecule has 0 saturated carbocycles. The number of carbonyl (C=O) groups excluding carboxylic acids is 2. The summed E-state index contributed by atoms with van der Waals surface area (Å²) in [5.74, 6) is -0.200. The molecule has 0 unspecified atom stereocenters. The van der Waals surface area contributed by atoms with Gasteiger partial charge in [0.1, 0.15) is 0 Å². The normalized spacial score (nSPS) is 13.4. The third kappa shape index (κ3) is 2.75. The van der Waals surface area contributed by atoms with Gasteiger partial charge in [0, 0.05) is 22.8 Å². The summed E-state index contributed by atoms with van der Waals surface area (Å²) >= 11 is 0. The molecule has 0 spiro atoms. The van der Waals surface area contributed by atoms with E-state index < -0.39 is 0 Å². The number of benzene rings is 4. The summed E-state index contributed by atoms with van der Waals surface area (Å²) in [5.41, 5.74) is 2.01. The van der Waals surface area contributed by atoms with Gasteiger partial charge in [-0.15, -0.1) is 0 Å². The maximum Gasteiger partial charge on any atom is 0.288 e. The molecule has 1 aliphatic carbocycles. The molecule has 6 nitrogen and oxygen atoms in total. The van der Waals surface area contributed by atoms with Crippen molar-refractivity contribution < 1.29 is 18.4 Å². The van der Waals surface area contributed by atoms with E-state index in [0.29, 0.717) is 17.0 Å². The lowest BCUT2D eigenvalue weighted by molar-refractivity contribution is 0.0990.